The van der Waals surface area contributed by atoms with Gasteiger partial charge in [0.2, 0.25) is 0 Å². The molecule has 1 atom stereocenters. The summed E-state index contributed by atoms with van der Waals surface area (Å²) in [6.07, 6.45) is 1.39. The number of amides is 2. The van der Waals surface area contributed by atoms with Crippen molar-refractivity contribution in [3.63, 3.8) is 0 Å². The zero-order valence-electron chi connectivity index (χ0n) is 17.9. The van der Waals surface area contributed by atoms with Crippen LogP contribution >= 0.6 is 11.6 Å². The predicted octanol–water partition coefficient (Wildman–Crippen LogP) is 2.82. The fraction of sp³-hybridized carbons (Fsp3) is 0.619. The molecule has 2 amide bonds. The molecule has 4 N–H and O–H groups in total. The number of aliphatic hydroxyl groups is 1. The molecule has 8 nitrogen and oxygen atoms in total. The Kier molecular flexibility index (Phi) is 6.69. The van der Waals surface area contributed by atoms with Crippen molar-refractivity contribution < 1.29 is 28.6 Å². The van der Waals surface area contributed by atoms with Crippen molar-refractivity contribution in [2.45, 2.75) is 75.7 Å². The summed E-state index contributed by atoms with van der Waals surface area (Å²) in [5, 5.41) is 13.6. The molecule has 0 spiro atoms. The second kappa shape index (κ2) is 8.80. The molecule has 2 bridgehead atoms. The number of rotatable bonds is 6. The van der Waals surface area contributed by atoms with Gasteiger partial charge in [0, 0.05) is 11.6 Å². The lowest BCUT2D eigenvalue weighted by Crippen LogP contribution is -2.71. The van der Waals surface area contributed by atoms with Crippen molar-refractivity contribution in [2.24, 2.45) is 0 Å². The molecule has 0 saturated heterocycles. The van der Waals surface area contributed by atoms with Gasteiger partial charge in [-0.3, -0.25) is 10.2 Å². The normalized spacial score (nSPS) is 27.5. The maximum absolute atomic E-state index is 13.5. The molecule has 3 aliphatic rings. The molecule has 0 aliphatic heterocycles. The van der Waals surface area contributed by atoms with Crippen LogP contribution in [-0.2, 0) is 9.53 Å². The Morgan fingerprint density at radius 2 is 1.94 bits per heavy atom. The number of hydrazine groups is 1. The summed E-state index contributed by atoms with van der Waals surface area (Å²) in [6, 6.07) is 3.94. The van der Waals surface area contributed by atoms with Crippen LogP contribution in [-0.4, -0.2) is 46.5 Å². The number of carbonyl (C=O) groups is 2. The van der Waals surface area contributed by atoms with E-state index in [9.17, 15) is 19.1 Å². The van der Waals surface area contributed by atoms with Crippen LogP contribution in [0.3, 0.4) is 0 Å². The lowest BCUT2D eigenvalue weighted by atomic mass is 9.60. The third kappa shape index (κ3) is 5.78. The maximum atomic E-state index is 13.5. The number of hydrogen-bond donors (Lipinski definition) is 4. The summed E-state index contributed by atoms with van der Waals surface area (Å²) in [5.41, 5.74) is 3.79. The van der Waals surface area contributed by atoms with E-state index in [2.05, 4.69) is 16.2 Å². The van der Waals surface area contributed by atoms with Gasteiger partial charge in [0.1, 0.15) is 17.2 Å². The molecule has 31 heavy (non-hydrogen) atoms. The van der Waals surface area contributed by atoms with E-state index in [0.29, 0.717) is 32.1 Å². The van der Waals surface area contributed by atoms with Crippen LogP contribution in [0.2, 0.25) is 5.02 Å². The predicted molar refractivity (Wildman–Crippen MR) is 112 cm³/mol. The van der Waals surface area contributed by atoms with Crippen molar-refractivity contribution >= 4 is 23.6 Å². The van der Waals surface area contributed by atoms with E-state index in [-0.39, 0.29) is 17.4 Å². The highest BCUT2D eigenvalue weighted by atomic mass is 35.5. The Hall–Kier alpha value is -2.10. The van der Waals surface area contributed by atoms with Crippen molar-refractivity contribution in [3.05, 3.63) is 29.0 Å². The fourth-order valence-corrected chi connectivity index (χ4v) is 4.30. The van der Waals surface area contributed by atoms with Crippen LogP contribution in [0.1, 0.15) is 52.9 Å². The third-order valence-electron chi connectivity index (χ3n) is 5.80. The van der Waals surface area contributed by atoms with Gasteiger partial charge in [-0.1, -0.05) is 11.6 Å². The largest absolute Gasteiger partial charge is 0.484 e. The van der Waals surface area contributed by atoms with E-state index < -0.39 is 40.6 Å². The lowest BCUT2D eigenvalue weighted by Gasteiger charge is -2.56. The third-order valence-corrected chi connectivity index (χ3v) is 6.11. The van der Waals surface area contributed by atoms with Gasteiger partial charge < -0.3 is 19.9 Å². The van der Waals surface area contributed by atoms with Crippen molar-refractivity contribution in [1.29, 1.82) is 0 Å². The van der Waals surface area contributed by atoms with Crippen LogP contribution in [0.5, 0.6) is 5.75 Å². The summed E-state index contributed by atoms with van der Waals surface area (Å²) < 4.78 is 24.1. The van der Waals surface area contributed by atoms with Crippen molar-refractivity contribution in [2.75, 3.05) is 6.61 Å². The first-order valence-electron chi connectivity index (χ1n) is 10.3. The van der Waals surface area contributed by atoms with Crippen LogP contribution in [0.4, 0.5) is 9.18 Å². The fourth-order valence-electron chi connectivity index (χ4n) is 4.18. The minimum atomic E-state index is -0.792. The number of carbonyl (C=O) groups excluding carboxylic acids is 2. The van der Waals surface area contributed by atoms with Gasteiger partial charge in [0.25, 0.3) is 5.91 Å². The van der Waals surface area contributed by atoms with Gasteiger partial charge in [-0.25, -0.2) is 14.6 Å². The standard InChI is InChI=1S/C21H29ClFN3O5/c1-19(2,3)31-18(29)25-26-20-6-8-21(9-7-20,16(27)11-20)24-17(28)12-30-13-4-5-14(22)15(23)10-13/h4-5,10,16,26-27H,6-9,11-12H2,1-3H3,(H,24,28)(H,25,29)/t16-,20?,21?/m1/s1. The van der Waals surface area contributed by atoms with Crippen LogP contribution in [0, 0.1) is 5.82 Å². The number of hydrogen-bond acceptors (Lipinski definition) is 6. The molecule has 3 aliphatic carbocycles. The van der Waals surface area contributed by atoms with Gasteiger partial charge in [-0.15, -0.1) is 0 Å². The van der Waals surface area contributed by atoms with E-state index >= 15 is 0 Å². The second-order valence-corrected chi connectivity index (χ2v) is 9.73. The Morgan fingerprint density at radius 3 is 2.52 bits per heavy atom. The first-order valence-corrected chi connectivity index (χ1v) is 10.6. The Balaban J connectivity index is 1.51. The number of nitrogens with one attached hydrogen (secondary N) is 3. The molecule has 3 fully saturated rings. The molecule has 172 valence electrons. The van der Waals surface area contributed by atoms with Crippen molar-refractivity contribution in [3.8, 4) is 5.75 Å². The highest BCUT2D eigenvalue weighted by Crippen LogP contribution is 2.46. The second-order valence-electron chi connectivity index (χ2n) is 9.32. The summed E-state index contributed by atoms with van der Waals surface area (Å²) in [6.45, 7) is 5.03. The number of benzene rings is 1. The van der Waals surface area contributed by atoms with Crippen molar-refractivity contribution in [1.82, 2.24) is 16.2 Å². The molecule has 0 aromatic heterocycles. The molecule has 10 heteroatoms. The molecule has 1 aromatic carbocycles. The monoisotopic (exact) mass is 457 g/mol. The minimum Gasteiger partial charge on any atom is -0.484 e. The first-order chi connectivity index (χ1) is 14.4. The van der Waals surface area contributed by atoms with Gasteiger partial charge in [0.15, 0.2) is 6.61 Å². The molecular formula is C21H29ClFN3O5. The van der Waals surface area contributed by atoms with Gasteiger partial charge in [-0.05, 0) is 65.0 Å². The number of aliphatic hydroxyl groups excluding tert-OH is 1. The van der Waals surface area contributed by atoms with E-state index in [0.717, 1.165) is 6.07 Å². The highest BCUT2D eigenvalue weighted by molar-refractivity contribution is 6.30. The Bertz CT molecular complexity index is 837. The number of ether oxygens (including phenoxy) is 2. The van der Waals surface area contributed by atoms with Crippen LogP contribution < -0.4 is 20.9 Å². The summed E-state index contributed by atoms with van der Waals surface area (Å²) in [4.78, 5) is 24.4. The molecule has 0 unspecified atom stereocenters. The molecule has 3 saturated carbocycles. The molecule has 4 rings (SSSR count). The number of fused-ring (bicyclic) bond motifs is 3. The summed E-state index contributed by atoms with van der Waals surface area (Å²) in [7, 11) is 0. The highest BCUT2D eigenvalue weighted by Gasteiger charge is 2.55. The van der Waals surface area contributed by atoms with Gasteiger partial charge in [-0.2, -0.15) is 0 Å². The molecule has 0 radical (unpaired) electrons. The topological polar surface area (TPSA) is 109 Å². The van der Waals surface area contributed by atoms with E-state index in [1.165, 1.54) is 12.1 Å². The smallest absolute Gasteiger partial charge is 0.422 e. The lowest BCUT2D eigenvalue weighted by molar-refractivity contribution is -0.132. The zero-order chi connectivity index (χ0) is 22.9. The summed E-state index contributed by atoms with van der Waals surface area (Å²) >= 11 is 5.64. The average molecular weight is 458 g/mol. The SMILES string of the molecule is CC(C)(C)OC(=O)NNC12CCC(NC(=O)COc3ccc(Cl)c(F)c3)(CC1)[C@H](O)C2. The Labute approximate surface area is 185 Å². The quantitative estimate of drug-likeness (QED) is 0.489. The van der Waals surface area contributed by atoms with Crippen LogP contribution in [0.15, 0.2) is 18.2 Å². The maximum Gasteiger partial charge on any atom is 0.422 e. The minimum absolute atomic E-state index is 0.0264. The average Bonchev–Trinajstić information content (AvgIpc) is 2.68. The van der Waals surface area contributed by atoms with Gasteiger partial charge in [0.05, 0.1) is 16.7 Å². The van der Waals surface area contributed by atoms with E-state index in [1.54, 1.807) is 20.8 Å². The molecule has 0 heterocycles. The van der Waals surface area contributed by atoms with Crippen LogP contribution in [0.25, 0.3) is 0 Å². The first kappa shape index (κ1) is 23.6. The number of halogens is 2. The van der Waals surface area contributed by atoms with Gasteiger partial charge >= 0.3 is 6.09 Å². The van der Waals surface area contributed by atoms with E-state index in [1.807, 2.05) is 0 Å². The molecule has 1 aromatic rings. The Morgan fingerprint density at radius 1 is 1.26 bits per heavy atom. The molecular weight excluding hydrogens is 429 g/mol. The zero-order valence-corrected chi connectivity index (χ0v) is 18.6. The summed E-state index contributed by atoms with van der Waals surface area (Å²) in [5.74, 6) is -0.834. The van der Waals surface area contributed by atoms with E-state index in [4.69, 9.17) is 21.1 Å².